The molecular formula is C18H22FN3O5S. The number of hydroxylamine groups is 1. The number of halogens is 1. The molecule has 0 aliphatic carbocycles. The van der Waals surface area contributed by atoms with E-state index in [9.17, 15) is 17.6 Å². The predicted octanol–water partition coefficient (Wildman–Crippen LogP) is 1.90. The lowest BCUT2D eigenvalue weighted by molar-refractivity contribution is -0.130. The van der Waals surface area contributed by atoms with Crippen molar-refractivity contribution in [3.05, 3.63) is 54.4 Å². The van der Waals surface area contributed by atoms with Crippen molar-refractivity contribution < 1.29 is 27.5 Å². The number of ether oxygens (including phenoxy) is 1. The van der Waals surface area contributed by atoms with Gasteiger partial charge in [0.2, 0.25) is 15.9 Å². The van der Waals surface area contributed by atoms with E-state index >= 15 is 0 Å². The summed E-state index contributed by atoms with van der Waals surface area (Å²) < 4.78 is 45.8. The number of hydrogen-bond donors (Lipinski definition) is 2. The number of alkyl halides is 1. The molecule has 0 radical (unpaired) electrons. The summed E-state index contributed by atoms with van der Waals surface area (Å²) in [6.45, 7) is -0.934. The first kappa shape index (κ1) is 21.7. The van der Waals surface area contributed by atoms with E-state index in [0.29, 0.717) is 11.3 Å². The average molecular weight is 411 g/mol. The highest BCUT2D eigenvalue weighted by Gasteiger charge is 2.33. The van der Waals surface area contributed by atoms with Gasteiger partial charge in [-0.25, -0.2) is 13.9 Å². The van der Waals surface area contributed by atoms with Gasteiger partial charge < -0.3 is 4.74 Å². The van der Waals surface area contributed by atoms with E-state index in [4.69, 9.17) is 9.94 Å². The number of pyridine rings is 1. The van der Waals surface area contributed by atoms with E-state index < -0.39 is 35.1 Å². The maximum atomic E-state index is 13.3. The fourth-order valence-corrected chi connectivity index (χ4v) is 4.34. The minimum absolute atomic E-state index is 0.0227. The topological polar surface area (TPSA) is 109 Å². The smallest absolute Gasteiger partial charge is 0.244 e. The van der Waals surface area contributed by atoms with Crippen LogP contribution < -0.4 is 10.2 Å². The Kier molecular flexibility index (Phi) is 7.85. The molecule has 8 nitrogen and oxygen atoms in total. The van der Waals surface area contributed by atoms with Crippen LogP contribution in [0.15, 0.2) is 53.7 Å². The van der Waals surface area contributed by atoms with Gasteiger partial charge in [-0.3, -0.25) is 19.4 Å². The number of sulfonamides is 1. The summed E-state index contributed by atoms with van der Waals surface area (Å²) in [4.78, 5) is 15.6. The van der Waals surface area contributed by atoms with Gasteiger partial charge in [-0.05, 0) is 42.3 Å². The van der Waals surface area contributed by atoms with Crippen LogP contribution in [0, 0.1) is 0 Å². The van der Waals surface area contributed by atoms with Gasteiger partial charge in [-0.1, -0.05) is 6.07 Å². The monoisotopic (exact) mass is 411 g/mol. The lowest BCUT2D eigenvalue weighted by Gasteiger charge is -2.30. The van der Waals surface area contributed by atoms with Gasteiger partial charge >= 0.3 is 0 Å². The molecule has 0 saturated carbocycles. The largest absolute Gasteiger partial charge is 0.497 e. The molecule has 0 spiro atoms. The van der Waals surface area contributed by atoms with E-state index in [2.05, 4.69) is 4.98 Å². The first-order valence-electron chi connectivity index (χ1n) is 8.46. The molecule has 1 atom stereocenters. The number of nitrogens with zero attached hydrogens (tertiary/aromatic N) is 2. The number of aromatic nitrogens is 1. The molecule has 0 bridgehead atoms. The maximum absolute atomic E-state index is 13.3. The molecule has 0 unspecified atom stereocenters. The van der Waals surface area contributed by atoms with Crippen LogP contribution >= 0.6 is 0 Å². The van der Waals surface area contributed by atoms with Crippen molar-refractivity contribution in [1.29, 1.82) is 0 Å². The van der Waals surface area contributed by atoms with Gasteiger partial charge in [0.05, 0.1) is 18.7 Å². The summed E-state index contributed by atoms with van der Waals surface area (Å²) in [6, 6.07) is 8.09. The Labute approximate surface area is 163 Å². The number of hydrogen-bond acceptors (Lipinski definition) is 6. The summed E-state index contributed by atoms with van der Waals surface area (Å²) >= 11 is 0. The van der Waals surface area contributed by atoms with E-state index in [-0.39, 0.29) is 17.9 Å². The van der Waals surface area contributed by atoms with Crippen LogP contribution in [0.25, 0.3) is 0 Å². The zero-order valence-electron chi connectivity index (χ0n) is 15.3. The van der Waals surface area contributed by atoms with Gasteiger partial charge in [0.15, 0.2) is 0 Å². The molecule has 152 valence electrons. The number of nitrogens with one attached hydrogen (secondary N) is 1. The van der Waals surface area contributed by atoms with Crippen molar-refractivity contribution in [2.45, 2.75) is 30.3 Å². The van der Waals surface area contributed by atoms with Gasteiger partial charge in [0.1, 0.15) is 5.75 Å². The number of amides is 1. The van der Waals surface area contributed by atoms with Crippen LogP contribution in [-0.2, 0) is 21.4 Å². The van der Waals surface area contributed by atoms with Crippen molar-refractivity contribution in [3.8, 4) is 5.75 Å². The summed E-state index contributed by atoms with van der Waals surface area (Å²) in [5.74, 6) is -0.322. The second kappa shape index (κ2) is 10.1. The van der Waals surface area contributed by atoms with Crippen LogP contribution in [-0.4, -0.2) is 48.6 Å². The molecule has 1 aromatic heterocycles. The van der Waals surface area contributed by atoms with Crippen molar-refractivity contribution in [1.82, 2.24) is 14.8 Å². The Morgan fingerprint density at radius 2 is 2.04 bits per heavy atom. The van der Waals surface area contributed by atoms with E-state index in [1.54, 1.807) is 18.3 Å². The highest BCUT2D eigenvalue weighted by Crippen LogP contribution is 2.25. The van der Waals surface area contributed by atoms with Crippen molar-refractivity contribution in [2.75, 3.05) is 13.8 Å². The van der Waals surface area contributed by atoms with E-state index in [1.165, 1.54) is 43.1 Å². The number of rotatable bonds is 10. The first-order valence-corrected chi connectivity index (χ1v) is 9.90. The zero-order chi connectivity index (χ0) is 20.6. The Bertz CT molecular complexity index is 863. The molecule has 2 aromatic rings. The normalized spacial score (nSPS) is 12.6. The quantitative estimate of drug-likeness (QED) is 0.457. The number of carbonyl (C=O) groups is 1. The van der Waals surface area contributed by atoms with E-state index in [0.717, 1.165) is 4.31 Å². The highest BCUT2D eigenvalue weighted by atomic mass is 32.2. The molecule has 2 N–H and O–H groups in total. The van der Waals surface area contributed by atoms with Gasteiger partial charge in [0, 0.05) is 31.4 Å². The fraction of sp³-hybridized carbons (Fsp3) is 0.333. The maximum Gasteiger partial charge on any atom is 0.244 e. The Morgan fingerprint density at radius 1 is 1.32 bits per heavy atom. The third-order valence-electron chi connectivity index (χ3n) is 4.12. The van der Waals surface area contributed by atoms with Crippen molar-refractivity contribution in [3.63, 3.8) is 0 Å². The minimum atomic E-state index is -4.08. The average Bonchev–Trinajstić information content (AvgIpc) is 2.72. The van der Waals surface area contributed by atoms with Crippen LogP contribution in [0.2, 0.25) is 0 Å². The van der Waals surface area contributed by atoms with Crippen LogP contribution in [0.1, 0.15) is 18.4 Å². The lowest BCUT2D eigenvalue weighted by atomic mass is 10.1. The number of benzene rings is 1. The summed E-state index contributed by atoms with van der Waals surface area (Å²) in [7, 11) is -2.62. The first-order chi connectivity index (χ1) is 13.4. The minimum Gasteiger partial charge on any atom is -0.497 e. The summed E-state index contributed by atoms with van der Waals surface area (Å²) in [6.07, 6.45) is 2.44. The Hall–Kier alpha value is -2.56. The third-order valence-corrected chi connectivity index (χ3v) is 6.04. The molecule has 0 aliphatic heterocycles. The molecule has 1 amide bonds. The Balaban J connectivity index is 2.45. The lowest BCUT2D eigenvalue weighted by Crippen LogP contribution is -2.42. The second-order valence-electron chi connectivity index (χ2n) is 5.96. The highest BCUT2D eigenvalue weighted by molar-refractivity contribution is 7.89. The standard InChI is InChI=1S/C18H22FN3O5S/c1-27-16-4-6-17(7-5-16)28(25,26)22(13-14-3-2-10-20-12-14)15(8-9-19)11-18(23)21-24/h2-7,10,12,15,24H,8-9,11,13H2,1H3,(H,21,23)/t15-/m1/s1. The molecule has 0 aliphatic rings. The van der Waals surface area contributed by atoms with Crippen LogP contribution in [0.3, 0.4) is 0 Å². The predicted molar refractivity (Wildman–Crippen MR) is 98.9 cm³/mol. The molecule has 2 rings (SSSR count). The number of methoxy groups -OCH3 is 1. The zero-order valence-corrected chi connectivity index (χ0v) is 16.1. The molecule has 10 heteroatoms. The fourth-order valence-electron chi connectivity index (χ4n) is 2.70. The van der Waals surface area contributed by atoms with Gasteiger partial charge in [0.25, 0.3) is 0 Å². The molecular weight excluding hydrogens is 389 g/mol. The molecule has 1 aromatic carbocycles. The molecule has 0 fully saturated rings. The molecule has 1 heterocycles. The number of carbonyl (C=O) groups excluding carboxylic acids is 1. The molecule has 28 heavy (non-hydrogen) atoms. The van der Waals surface area contributed by atoms with Gasteiger partial charge in [-0.15, -0.1) is 0 Å². The van der Waals surface area contributed by atoms with Gasteiger partial charge in [-0.2, -0.15) is 4.31 Å². The third kappa shape index (κ3) is 5.47. The summed E-state index contributed by atoms with van der Waals surface area (Å²) in [5, 5.41) is 8.82. The summed E-state index contributed by atoms with van der Waals surface area (Å²) in [5.41, 5.74) is 2.04. The molecule has 0 saturated heterocycles. The van der Waals surface area contributed by atoms with Crippen LogP contribution in [0.5, 0.6) is 5.75 Å². The second-order valence-corrected chi connectivity index (χ2v) is 7.85. The SMILES string of the molecule is COc1ccc(S(=O)(=O)N(Cc2cccnc2)[C@H](CCF)CC(=O)NO)cc1. The van der Waals surface area contributed by atoms with Crippen LogP contribution in [0.4, 0.5) is 4.39 Å². The van der Waals surface area contributed by atoms with Crippen molar-refractivity contribution >= 4 is 15.9 Å². The Morgan fingerprint density at radius 3 is 2.57 bits per heavy atom. The van der Waals surface area contributed by atoms with Crippen molar-refractivity contribution in [2.24, 2.45) is 0 Å². The van der Waals surface area contributed by atoms with E-state index in [1.807, 2.05) is 0 Å².